The second-order valence-electron chi connectivity index (χ2n) is 3.30. The van der Waals surface area contributed by atoms with E-state index in [0.717, 1.165) is 12.8 Å². The molecule has 4 heteroatoms. The molecule has 1 heterocycles. The van der Waals surface area contributed by atoms with Gasteiger partial charge in [0.15, 0.2) is 6.29 Å². The van der Waals surface area contributed by atoms with Gasteiger partial charge in [0.25, 0.3) is 0 Å². The molecule has 1 saturated heterocycles. The van der Waals surface area contributed by atoms with Gasteiger partial charge in [0.05, 0.1) is 25.8 Å². The van der Waals surface area contributed by atoms with Crippen molar-refractivity contribution in [1.29, 1.82) is 0 Å². The van der Waals surface area contributed by atoms with Crippen LogP contribution in [0.5, 0.6) is 0 Å². The van der Waals surface area contributed by atoms with E-state index in [4.69, 9.17) is 9.47 Å². The first-order valence-electron chi connectivity index (χ1n) is 4.82. The first kappa shape index (κ1) is 11.4. The molecule has 80 valence electrons. The topological polar surface area (TPSA) is 38.8 Å². The maximum Gasteiger partial charge on any atom is 0.170 e. The van der Waals surface area contributed by atoms with Crippen LogP contribution < -0.4 is 0 Å². The first-order valence-corrected chi connectivity index (χ1v) is 4.82. The van der Waals surface area contributed by atoms with E-state index in [1.807, 2.05) is 11.8 Å². The van der Waals surface area contributed by atoms with E-state index in [0.29, 0.717) is 19.7 Å². The van der Waals surface area contributed by atoms with Crippen LogP contribution in [-0.2, 0) is 14.3 Å². The highest BCUT2D eigenvalue weighted by molar-refractivity contribution is 5.51. The highest BCUT2D eigenvalue weighted by atomic mass is 16.7. The number of rotatable bonds is 5. The van der Waals surface area contributed by atoms with Crippen molar-refractivity contribution in [2.24, 2.45) is 0 Å². The Morgan fingerprint density at radius 1 is 1.79 bits per heavy atom. The Morgan fingerprint density at radius 2 is 2.57 bits per heavy atom. The van der Waals surface area contributed by atoms with E-state index in [2.05, 4.69) is 6.58 Å². The van der Waals surface area contributed by atoms with E-state index in [9.17, 15) is 4.79 Å². The fraction of sp³-hybridized carbons (Fsp3) is 0.700. The van der Waals surface area contributed by atoms with Crippen LogP contribution in [0.15, 0.2) is 12.7 Å². The molecule has 2 atom stereocenters. The Kier molecular flexibility index (Phi) is 4.79. The molecule has 0 aromatic rings. The molecule has 1 aliphatic heterocycles. The molecule has 0 saturated carbocycles. The van der Waals surface area contributed by atoms with Crippen molar-refractivity contribution < 1.29 is 14.3 Å². The molecule has 0 aromatic heterocycles. The van der Waals surface area contributed by atoms with Crippen molar-refractivity contribution in [3.63, 3.8) is 0 Å². The number of hydrogen-bond donors (Lipinski definition) is 0. The van der Waals surface area contributed by atoms with Gasteiger partial charge in [-0.3, -0.25) is 4.90 Å². The third-order valence-electron chi connectivity index (χ3n) is 2.15. The summed E-state index contributed by atoms with van der Waals surface area (Å²) in [5, 5.41) is 0. The molecule has 1 fully saturated rings. The van der Waals surface area contributed by atoms with Crippen molar-refractivity contribution in [1.82, 2.24) is 4.90 Å². The van der Waals surface area contributed by atoms with Crippen molar-refractivity contribution in [2.45, 2.75) is 19.3 Å². The lowest BCUT2D eigenvalue weighted by atomic mass is 10.3. The number of ether oxygens (including phenoxy) is 2. The first-order chi connectivity index (χ1) is 6.76. The highest BCUT2D eigenvalue weighted by Gasteiger charge is 2.21. The van der Waals surface area contributed by atoms with Crippen molar-refractivity contribution in [3.05, 3.63) is 12.7 Å². The summed E-state index contributed by atoms with van der Waals surface area (Å²) < 4.78 is 10.9. The molecule has 14 heavy (non-hydrogen) atoms. The minimum absolute atomic E-state index is 0.0174. The summed E-state index contributed by atoms with van der Waals surface area (Å²) in [4.78, 5) is 12.3. The van der Waals surface area contributed by atoms with Crippen LogP contribution in [0.2, 0.25) is 0 Å². The normalized spacial score (nSPS) is 25.6. The monoisotopic (exact) mass is 199 g/mol. The Hall–Kier alpha value is -0.710. The molecule has 1 aliphatic rings. The van der Waals surface area contributed by atoms with Crippen LogP contribution in [0.1, 0.15) is 6.92 Å². The minimum Gasteiger partial charge on any atom is -0.350 e. The van der Waals surface area contributed by atoms with Gasteiger partial charge < -0.3 is 14.3 Å². The largest absolute Gasteiger partial charge is 0.350 e. The lowest BCUT2D eigenvalue weighted by Crippen LogP contribution is -2.45. The molecule has 0 N–H and O–H groups in total. The van der Waals surface area contributed by atoms with Crippen LogP contribution in [0.3, 0.4) is 0 Å². The predicted octanol–water partition coefficient (Wildman–Crippen LogP) is 0.435. The Bertz CT molecular complexity index is 196. The fourth-order valence-corrected chi connectivity index (χ4v) is 1.32. The second kappa shape index (κ2) is 5.90. The molecule has 0 radical (unpaired) electrons. The molecule has 1 rings (SSSR count). The zero-order chi connectivity index (χ0) is 10.4. The third-order valence-corrected chi connectivity index (χ3v) is 2.15. The number of carbonyl (C=O) groups excluding carboxylic acids is 1. The molecule has 0 aliphatic carbocycles. The van der Waals surface area contributed by atoms with Gasteiger partial charge in [-0.05, 0) is 6.92 Å². The quantitative estimate of drug-likeness (QED) is 0.475. The molecule has 2 unspecified atom stereocenters. The number of nitrogens with zero attached hydrogens (tertiary/aromatic N) is 1. The zero-order valence-corrected chi connectivity index (χ0v) is 8.52. The Balaban J connectivity index is 2.31. The van der Waals surface area contributed by atoms with E-state index in [1.54, 1.807) is 6.08 Å². The van der Waals surface area contributed by atoms with Crippen molar-refractivity contribution in [2.75, 3.05) is 26.2 Å². The fourth-order valence-electron chi connectivity index (χ4n) is 1.32. The van der Waals surface area contributed by atoms with Gasteiger partial charge in [-0.25, -0.2) is 0 Å². The smallest absolute Gasteiger partial charge is 0.170 e. The summed E-state index contributed by atoms with van der Waals surface area (Å²) in [6.07, 6.45) is 2.37. The number of hydrogen-bond acceptors (Lipinski definition) is 4. The SMILES string of the molecule is C=CC(C)OC1CN(CC=O)CCO1. The van der Waals surface area contributed by atoms with Gasteiger partial charge in [0, 0.05) is 6.54 Å². The summed E-state index contributed by atoms with van der Waals surface area (Å²) in [6, 6.07) is 0. The summed E-state index contributed by atoms with van der Waals surface area (Å²) >= 11 is 0. The van der Waals surface area contributed by atoms with E-state index < -0.39 is 0 Å². The van der Waals surface area contributed by atoms with E-state index >= 15 is 0 Å². The number of carbonyl (C=O) groups is 1. The lowest BCUT2D eigenvalue weighted by molar-refractivity contribution is -0.189. The Labute approximate surface area is 84.5 Å². The van der Waals surface area contributed by atoms with Crippen molar-refractivity contribution in [3.8, 4) is 0 Å². The van der Waals surface area contributed by atoms with Gasteiger partial charge in [0.1, 0.15) is 6.29 Å². The summed E-state index contributed by atoms with van der Waals surface area (Å²) in [5.41, 5.74) is 0. The molecule has 4 nitrogen and oxygen atoms in total. The maximum absolute atomic E-state index is 10.3. The average Bonchev–Trinajstić information content (AvgIpc) is 2.19. The zero-order valence-electron chi connectivity index (χ0n) is 8.52. The van der Waals surface area contributed by atoms with Crippen LogP contribution in [0, 0.1) is 0 Å². The molecule has 0 amide bonds. The summed E-state index contributed by atoms with van der Waals surface area (Å²) in [5.74, 6) is 0. The summed E-state index contributed by atoms with van der Waals surface area (Å²) in [7, 11) is 0. The molecule has 0 aromatic carbocycles. The molecular formula is C10H17NO3. The minimum atomic E-state index is -0.239. The standard InChI is InChI=1S/C10H17NO3/c1-3-9(2)14-10-8-11(4-6-12)5-7-13-10/h3,6,9-10H,1,4-5,7-8H2,2H3. The average molecular weight is 199 g/mol. The number of aldehydes is 1. The van der Waals surface area contributed by atoms with Crippen LogP contribution in [-0.4, -0.2) is 49.8 Å². The van der Waals surface area contributed by atoms with Crippen LogP contribution in [0.25, 0.3) is 0 Å². The van der Waals surface area contributed by atoms with Crippen LogP contribution in [0.4, 0.5) is 0 Å². The number of morpholine rings is 1. The van der Waals surface area contributed by atoms with Gasteiger partial charge in [-0.15, -0.1) is 6.58 Å². The van der Waals surface area contributed by atoms with Gasteiger partial charge in [0.2, 0.25) is 0 Å². The van der Waals surface area contributed by atoms with Crippen LogP contribution >= 0.6 is 0 Å². The predicted molar refractivity (Wildman–Crippen MR) is 53.0 cm³/mol. The third kappa shape index (κ3) is 3.57. The Morgan fingerprint density at radius 3 is 3.21 bits per heavy atom. The van der Waals surface area contributed by atoms with Gasteiger partial charge >= 0.3 is 0 Å². The second-order valence-corrected chi connectivity index (χ2v) is 3.30. The van der Waals surface area contributed by atoms with E-state index in [1.165, 1.54) is 0 Å². The lowest BCUT2D eigenvalue weighted by Gasteiger charge is -2.32. The maximum atomic E-state index is 10.3. The van der Waals surface area contributed by atoms with Gasteiger partial charge in [-0.1, -0.05) is 6.08 Å². The molecule has 0 bridgehead atoms. The van der Waals surface area contributed by atoms with E-state index in [-0.39, 0.29) is 12.4 Å². The summed E-state index contributed by atoms with van der Waals surface area (Å²) in [6.45, 7) is 8.05. The molecule has 0 spiro atoms. The van der Waals surface area contributed by atoms with Crippen molar-refractivity contribution >= 4 is 6.29 Å². The van der Waals surface area contributed by atoms with Gasteiger partial charge in [-0.2, -0.15) is 0 Å². The highest BCUT2D eigenvalue weighted by Crippen LogP contribution is 2.08. The molecular weight excluding hydrogens is 182 g/mol.